The number of nitrogens with zero attached hydrogens (tertiary/aromatic N) is 2. The van der Waals surface area contributed by atoms with Crippen LogP contribution in [0.3, 0.4) is 0 Å². The van der Waals surface area contributed by atoms with Crippen molar-refractivity contribution in [3.63, 3.8) is 0 Å². The number of aryl methyl sites for hydroxylation is 1. The summed E-state index contributed by atoms with van der Waals surface area (Å²) in [6, 6.07) is 7.63. The van der Waals surface area contributed by atoms with E-state index in [4.69, 9.17) is 9.47 Å². The van der Waals surface area contributed by atoms with Gasteiger partial charge in [-0.15, -0.1) is 0 Å². The lowest BCUT2D eigenvalue weighted by molar-refractivity contribution is -0.139. The van der Waals surface area contributed by atoms with Crippen molar-refractivity contribution in [3.05, 3.63) is 41.6 Å². The van der Waals surface area contributed by atoms with Crippen LogP contribution in [-0.4, -0.2) is 26.3 Å². The van der Waals surface area contributed by atoms with Crippen molar-refractivity contribution in [2.45, 2.75) is 13.8 Å². The SMILES string of the molecule is COCCOC(=O)/C=C(\C)N=Nc1ccc(C)cc1. The van der Waals surface area contributed by atoms with Gasteiger partial charge in [-0.25, -0.2) is 4.79 Å². The van der Waals surface area contributed by atoms with Gasteiger partial charge in [0.1, 0.15) is 6.61 Å². The summed E-state index contributed by atoms with van der Waals surface area (Å²) in [5.74, 6) is -0.447. The molecular weight excluding hydrogens is 244 g/mol. The number of hydrogen-bond acceptors (Lipinski definition) is 5. The van der Waals surface area contributed by atoms with Gasteiger partial charge >= 0.3 is 5.97 Å². The zero-order valence-electron chi connectivity index (χ0n) is 11.4. The van der Waals surface area contributed by atoms with Gasteiger partial charge in [0.25, 0.3) is 0 Å². The molecule has 0 bridgehead atoms. The lowest BCUT2D eigenvalue weighted by Crippen LogP contribution is -2.07. The van der Waals surface area contributed by atoms with Crippen LogP contribution in [0.1, 0.15) is 12.5 Å². The minimum absolute atomic E-state index is 0.230. The van der Waals surface area contributed by atoms with Crippen LogP contribution in [-0.2, 0) is 14.3 Å². The van der Waals surface area contributed by atoms with Gasteiger partial charge in [-0.1, -0.05) is 17.7 Å². The normalized spacial score (nSPS) is 11.8. The number of methoxy groups -OCH3 is 1. The van der Waals surface area contributed by atoms with Crippen LogP contribution in [0.25, 0.3) is 0 Å². The largest absolute Gasteiger partial charge is 0.460 e. The lowest BCUT2D eigenvalue weighted by Gasteiger charge is -2.00. The molecule has 1 aromatic rings. The molecule has 0 atom stereocenters. The van der Waals surface area contributed by atoms with Crippen molar-refractivity contribution < 1.29 is 14.3 Å². The minimum atomic E-state index is -0.447. The van der Waals surface area contributed by atoms with E-state index in [1.54, 1.807) is 14.0 Å². The van der Waals surface area contributed by atoms with E-state index < -0.39 is 5.97 Å². The van der Waals surface area contributed by atoms with Crippen molar-refractivity contribution in [1.82, 2.24) is 0 Å². The Balaban J connectivity index is 2.51. The highest BCUT2D eigenvalue weighted by molar-refractivity contribution is 5.82. The molecule has 19 heavy (non-hydrogen) atoms. The fourth-order valence-electron chi connectivity index (χ4n) is 1.21. The van der Waals surface area contributed by atoms with E-state index in [0.29, 0.717) is 12.3 Å². The smallest absolute Gasteiger partial charge is 0.332 e. The van der Waals surface area contributed by atoms with Gasteiger partial charge in [0.2, 0.25) is 0 Å². The van der Waals surface area contributed by atoms with Crippen molar-refractivity contribution in [2.75, 3.05) is 20.3 Å². The third-order valence-electron chi connectivity index (χ3n) is 2.22. The van der Waals surface area contributed by atoms with Gasteiger partial charge in [-0.05, 0) is 26.0 Å². The molecule has 0 aliphatic heterocycles. The van der Waals surface area contributed by atoms with Gasteiger partial charge < -0.3 is 9.47 Å². The zero-order valence-corrected chi connectivity index (χ0v) is 11.4. The number of rotatable bonds is 6. The standard InChI is InChI=1S/C14H18N2O3/c1-11-4-6-13(7-5-11)16-15-12(2)10-14(17)19-9-8-18-3/h4-7,10H,8-9H2,1-3H3/b12-10+,16-15?. The molecule has 1 aromatic carbocycles. The maximum atomic E-state index is 11.3. The molecule has 0 radical (unpaired) electrons. The monoisotopic (exact) mass is 262 g/mol. The molecule has 0 aliphatic carbocycles. The fraction of sp³-hybridized carbons (Fsp3) is 0.357. The van der Waals surface area contributed by atoms with Crippen LogP contribution in [0.4, 0.5) is 5.69 Å². The van der Waals surface area contributed by atoms with Crippen molar-refractivity contribution >= 4 is 11.7 Å². The third kappa shape index (κ3) is 6.47. The minimum Gasteiger partial charge on any atom is -0.460 e. The van der Waals surface area contributed by atoms with Crippen LogP contribution >= 0.6 is 0 Å². The summed E-state index contributed by atoms with van der Waals surface area (Å²) < 4.78 is 9.65. The second kappa shape index (κ2) is 8.16. The van der Waals surface area contributed by atoms with E-state index in [0.717, 1.165) is 11.3 Å². The molecule has 0 saturated heterocycles. The highest BCUT2D eigenvalue weighted by atomic mass is 16.6. The number of carbonyl (C=O) groups excluding carboxylic acids is 1. The first-order valence-corrected chi connectivity index (χ1v) is 5.94. The Kier molecular flexibility index (Phi) is 6.46. The third-order valence-corrected chi connectivity index (χ3v) is 2.22. The van der Waals surface area contributed by atoms with E-state index in [2.05, 4.69) is 10.2 Å². The summed E-state index contributed by atoms with van der Waals surface area (Å²) in [5.41, 5.74) is 2.39. The molecule has 1 rings (SSSR count). The van der Waals surface area contributed by atoms with Crippen LogP contribution < -0.4 is 0 Å². The second-order valence-corrected chi connectivity index (χ2v) is 3.98. The molecular formula is C14H18N2O3. The van der Waals surface area contributed by atoms with Gasteiger partial charge in [-0.2, -0.15) is 10.2 Å². The Morgan fingerprint density at radius 3 is 2.58 bits per heavy atom. The lowest BCUT2D eigenvalue weighted by atomic mass is 10.2. The van der Waals surface area contributed by atoms with Crippen LogP contribution in [0.5, 0.6) is 0 Å². The van der Waals surface area contributed by atoms with Gasteiger partial charge in [0.05, 0.1) is 18.0 Å². The molecule has 0 saturated carbocycles. The van der Waals surface area contributed by atoms with Gasteiger partial charge in [0.15, 0.2) is 0 Å². The van der Waals surface area contributed by atoms with Crippen LogP contribution in [0.2, 0.25) is 0 Å². The maximum absolute atomic E-state index is 11.3. The van der Waals surface area contributed by atoms with E-state index in [9.17, 15) is 4.79 Å². The first-order valence-electron chi connectivity index (χ1n) is 5.94. The topological polar surface area (TPSA) is 60.2 Å². The Morgan fingerprint density at radius 1 is 1.26 bits per heavy atom. The summed E-state index contributed by atoms with van der Waals surface area (Å²) in [5, 5.41) is 7.97. The number of carbonyl (C=O) groups is 1. The number of esters is 1. The van der Waals surface area contributed by atoms with Crippen molar-refractivity contribution in [3.8, 4) is 0 Å². The van der Waals surface area contributed by atoms with E-state index >= 15 is 0 Å². The number of ether oxygens (including phenoxy) is 2. The molecule has 0 fully saturated rings. The Morgan fingerprint density at radius 2 is 1.95 bits per heavy atom. The molecule has 0 aromatic heterocycles. The summed E-state index contributed by atoms with van der Waals surface area (Å²) in [4.78, 5) is 11.3. The first-order chi connectivity index (χ1) is 9.11. The van der Waals surface area contributed by atoms with Crippen LogP contribution in [0, 0.1) is 6.92 Å². The Hall–Kier alpha value is -2.01. The van der Waals surface area contributed by atoms with Gasteiger partial charge in [-0.3, -0.25) is 0 Å². The van der Waals surface area contributed by atoms with E-state index in [1.165, 1.54) is 6.08 Å². The van der Waals surface area contributed by atoms with Crippen LogP contribution in [0.15, 0.2) is 46.3 Å². The number of allylic oxidation sites excluding steroid dienone is 1. The van der Waals surface area contributed by atoms with Gasteiger partial charge in [0, 0.05) is 13.2 Å². The molecule has 5 heteroatoms. The van der Waals surface area contributed by atoms with E-state index in [1.807, 2.05) is 31.2 Å². The number of benzene rings is 1. The molecule has 5 nitrogen and oxygen atoms in total. The summed E-state index contributed by atoms with van der Waals surface area (Å²) in [7, 11) is 1.55. The molecule has 0 spiro atoms. The molecule has 0 unspecified atom stereocenters. The maximum Gasteiger partial charge on any atom is 0.332 e. The summed E-state index contributed by atoms with van der Waals surface area (Å²) >= 11 is 0. The number of hydrogen-bond donors (Lipinski definition) is 0. The quantitative estimate of drug-likeness (QED) is 0.342. The molecule has 0 N–H and O–H groups in total. The molecule has 0 heterocycles. The number of azo groups is 1. The Bertz CT molecular complexity index is 464. The predicted octanol–water partition coefficient (Wildman–Crippen LogP) is 3.17. The average Bonchev–Trinajstić information content (AvgIpc) is 2.38. The molecule has 0 amide bonds. The zero-order chi connectivity index (χ0) is 14.1. The first kappa shape index (κ1) is 15.0. The Labute approximate surface area is 112 Å². The highest BCUT2D eigenvalue weighted by Gasteiger charge is 1.98. The van der Waals surface area contributed by atoms with Crippen molar-refractivity contribution in [1.29, 1.82) is 0 Å². The molecule has 0 aliphatic rings. The fourth-order valence-corrected chi connectivity index (χ4v) is 1.21. The molecule has 102 valence electrons. The average molecular weight is 262 g/mol. The van der Waals surface area contributed by atoms with E-state index in [-0.39, 0.29) is 6.61 Å². The predicted molar refractivity (Wildman–Crippen MR) is 72.3 cm³/mol. The highest BCUT2D eigenvalue weighted by Crippen LogP contribution is 2.14. The summed E-state index contributed by atoms with van der Waals surface area (Å²) in [6.07, 6.45) is 1.30. The van der Waals surface area contributed by atoms with Crippen molar-refractivity contribution in [2.24, 2.45) is 10.2 Å². The second-order valence-electron chi connectivity index (χ2n) is 3.98. The summed E-state index contributed by atoms with van der Waals surface area (Å²) in [6.45, 7) is 4.30.